The summed E-state index contributed by atoms with van der Waals surface area (Å²) in [4.78, 5) is 34.0. The maximum atomic E-state index is 11.7. The number of esters is 1. The smallest absolute Gasteiger partial charge is 0.355 e. The summed E-state index contributed by atoms with van der Waals surface area (Å²) in [7, 11) is 0. The maximum Gasteiger partial charge on any atom is 0.355 e. The number of nitrogens with one attached hydrogen (secondary N) is 1. The third kappa shape index (κ3) is 2.89. The van der Waals surface area contributed by atoms with Crippen LogP contribution in [-0.2, 0) is 19.1 Å². The van der Waals surface area contributed by atoms with Gasteiger partial charge >= 0.3 is 5.97 Å². The van der Waals surface area contributed by atoms with Gasteiger partial charge in [-0.25, -0.2) is 10.2 Å². The Labute approximate surface area is 98.4 Å². The highest BCUT2D eigenvalue weighted by Gasteiger charge is 2.28. The van der Waals surface area contributed by atoms with Gasteiger partial charge in [-0.15, -0.1) is 0 Å². The minimum Gasteiger partial charge on any atom is -0.450 e. The zero-order valence-electron chi connectivity index (χ0n) is 9.40. The molecule has 0 spiro atoms. The first-order valence-corrected chi connectivity index (χ1v) is 5.76. The maximum absolute atomic E-state index is 11.7. The minimum absolute atomic E-state index is 0.0231. The summed E-state index contributed by atoms with van der Waals surface area (Å²) in [5.41, 5.74) is 2.41. The molecule has 1 N–H and O–H groups in total. The van der Waals surface area contributed by atoms with Crippen LogP contribution >= 0.6 is 0 Å². The minimum atomic E-state index is -0.628. The first kappa shape index (κ1) is 11.8. The van der Waals surface area contributed by atoms with Crippen molar-refractivity contribution in [3.8, 4) is 0 Å². The Morgan fingerprint density at radius 3 is 2.71 bits per heavy atom. The van der Waals surface area contributed by atoms with Gasteiger partial charge in [0.15, 0.2) is 11.9 Å². The predicted octanol–water partition coefficient (Wildman–Crippen LogP) is 0.307. The molecule has 2 aliphatic rings. The Hall–Kier alpha value is -1.72. The molecule has 1 atom stereocenters. The molecule has 6 heteroatoms. The third-order valence-corrected chi connectivity index (χ3v) is 2.89. The number of nitrogens with zero attached hydrogens (tertiary/aromatic N) is 1. The van der Waals surface area contributed by atoms with Crippen molar-refractivity contribution >= 4 is 23.4 Å². The van der Waals surface area contributed by atoms with Gasteiger partial charge in [-0.2, -0.15) is 5.10 Å². The molecule has 1 heterocycles. The van der Waals surface area contributed by atoms with E-state index < -0.39 is 12.1 Å². The molecule has 92 valence electrons. The number of ether oxygens (including phenoxy) is 1. The van der Waals surface area contributed by atoms with E-state index in [0.717, 1.165) is 12.8 Å². The lowest BCUT2D eigenvalue weighted by atomic mass is 9.96. The molecule has 0 aromatic heterocycles. The quantitative estimate of drug-likeness (QED) is 0.701. The Morgan fingerprint density at radius 1 is 1.24 bits per heavy atom. The lowest BCUT2D eigenvalue weighted by Gasteiger charge is -2.21. The fraction of sp³-hybridized carbons (Fsp3) is 0.636. The van der Waals surface area contributed by atoms with Gasteiger partial charge in [0.25, 0.3) is 0 Å². The molecule has 1 fully saturated rings. The molecule has 0 bridgehead atoms. The first-order valence-electron chi connectivity index (χ1n) is 5.76. The van der Waals surface area contributed by atoms with Gasteiger partial charge in [-0.3, -0.25) is 9.59 Å². The van der Waals surface area contributed by atoms with Crippen LogP contribution in [0.2, 0.25) is 0 Å². The van der Waals surface area contributed by atoms with Crippen LogP contribution in [0.4, 0.5) is 0 Å². The number of carbonyl (C=O) groups is 3. The Bertz CT molecular complexity index is 389. The average molecular weight is 238 g/mol. The van der Waals surface area contributed by atoms with E-state index >= 15 is 0 Å². The van der Waals surface area contributed by atoms with Gasteiger partial charge < -0.3 is 4.74 Å². The van der Waals surface area contributed by atoms with Crippen molar-refractivity contribution in [2.45, 2.75) is 44.6 Å². The number of hydrazone groups is 1. The molecule has 1 aliphatic heterocycles. The summed E-state index contributed by atoms with van der Waals surface area (Å²) >= 11 is 0. The fourth-order valence-electron chi connectivity index (χ4n) is 1.89. The van der Waals surface area contributed by atoms with E-state index in [9.17, 15) is 14.4 Å². The number of Topliss-reactive ketones (excluding diaryl/α,β-unsaturated/α-hetero) is 1. The molecule has 0 aromatic rings. The van der Waals surface area contributed by atoms with Crippen molar-refractivity contribution in [2.75, 3.05) is 0 Å². The standard InChI is InChI=1S/C11H14N2O4/c14-8-3-1-2-4-9(8)17-11(16)7-5-6-10(15)13-12-7/h9H,1-6H2,(H,13,15)/t9-/m0/s1. The Morgan fingerprint density at radius 2 is 2.06 bits per heavy atom. The van der Waals surface area contributed by atoms with E-state index in [2.05, 4.69) is 10.5 Å². The molecular formula is C11H14N2O4. The van der Waals surface area contributed by atoms with E-state index in [1.807, 2.05) is 0 Å². The summed E-state index contributed by atoms with van der Waals surface area (Å²) in [5, 5.41) is 3.63. The predicted molar refractivity (Wildman–Crippen MR) is 58.2 cm³/mol. The van der Waals surface area contributed by atoms with Gasteiger partial charge in [-0.05, 0) is 19.3 Å². The van der Waals surface area contributed by atoms with Crippen molar-refractivity contribution in [3.63, 3.8) is 0 Å². The van der Waals surface area contributed by atoms with E-state index in [1.54, 1.807) is 0 Å². The van der Waals surface area contributed by atoms with Crippen LogP contribution in [0.25, 0.3) is 0 Å². The summed E-state index contributed by atoms with van der Waals surface area (Å²) in [6, 6.07) is 0. The van der Waals surface area contributed by atoms with Gasteiger partial charge in [0.05, 0.1) is 0 Å². The van der Waals surface area contributed by atoms with Crippen LogP contribution in [-0.4, -0.2) is 29.5 Å². The van der Waals surface area contributed by atoms with Gasteiger partial charge in [-0.1, -0.05) is 0 Å². The molecule has 0 unspecified atom stereocenters. The largest absolute Gasteiger partial charge is 0.450 e. The highest BCUT2D eigenvalue weighted by atomic mass is 16.5. The Balaban J connectivity index is 1.92. The molecule has 0 radical (unpaired) electrons. The molecule has 1 aliphatic carbocycles. The molecule has 6 nitrogen and oxygen atoms in total. The number of ketones is 1. The molecule has 1 saturated carbocycles. The second kappa shape index (κ2) is 5.07. The van der Waals surface area contributed by atoms with Crippen LogP contribution < -0.4 is 5.43 Å². The van der Waals surface area contributed by atoms with Crippen LogP contribution in [0, 0.1) is 0 Å². The Kier molecular flexibility index (Phi) is 3.51. The molecule has 1 amide bonds. The average Bonchev–Trinajstić information content (AvgIpc) is 2.33. The molecule has 0 aromatic carbocycles. The number of rotatable bonds is 2. The molecule has 17 heavy (non-hydrogen) atoms. The third-order valence-electron chi connectivity index (χ3n) is 2.89. The highest BCUT2D eigenvalue weighted by molar-refractivity contribution is 6.37. The van der Waals surface area contributed by atoms with E-state index in [1.165, 1.54) is 0 Å². The lowest BCUT2D eigenvalue weighted by molar-refractivity contribution is -0.150. The number of hydrogen-bond acceptors (Lipinski definition) is 5. The summed E-state index contributed by atoms with van der Waals surface area (Å²) < 4.78 is 5.11. The van der Waals surface area contributed by atoms with Crippen molar-refractivity contribution in [1.29, 1.82) is 0 Å². The zero-order chi connectivity index (χ0) is 12.3. The first-order chi connectivity index (χ1) is 8.16. The van der Waals surface area contributed by atoms with Gasteiger partial charge in [0.1, 0.15) is 5.71 Å². The van der Waals surface area contributed by atoms with Crippen molar-refractivity contribution in [3.05, 3.63) is 0 Å². The summed E-state index contributed by atoms with van der Waals surface area (Å²) in [6.07, 6.45) is 2.69. The van der Waals surface area contributed by atoms with Crippen molar-refractivity contribution < 1.29 is 19.1 Å². The molecule has 2 rings (SSSR count). The van der Waals surface area contributed by atoms with E-state index in [4.69, 9.17) is 4.74 Å². The van der Waals surface area contributed by atoms with E-state index in [-0.39, 0.29) is 30.2 Å². The summed E-state index contributed by atoms with van der Waals surface area (Å²) in [5.74, 6) is -0.828. The van der Waals surface area contributed by atoms with Crippen LogP contribution in [0.3, 0.4) is 0 Å². The second-order valence-corrected chi connectivity index (χ2v) is 4.20. The summed E-state index contributed by atoms with van der Waals surface area (Å²) in [6.45, 7) is 0. The monoisotopic (exact) mass is 238 g/mol. The highest BCUT2D eigenvalue weighted by Crippen LogP contribution is 2.18. The number of carbonyl (C=O) groups excluding carboxylic acids is 3. The fourth-order valence-corrected chi connectivity index (χ4v) is 1.89. The van der Waals surface area contributed by atoms with Gasteiger partial charge in [0, 0.05) is 19.3 Å². The molecular weight excluding hydrogens is 224 g/mol. The lowest BCUT2D eigenvalue weighted by Crippen LogP contribution is -2.36. The topological polar surface area (TPSA) is 84.8 Å². The van der Waals surface area contributed by atoms with E-state index in [0.29, 0.717) is 12.8 Å². The van der Waals surface area contributed by atoms with Gasteiger partial charge in [0.2, 0.25) is 5.91 Å². The van der Waals surface area contributed by atoms with Crippen molar-refractivity contribution in [2.24, 2.45) is 5.10 Å². The zero-order valence-corrected chi connectivity index (χ0v) is 9.40. The van der Waals surface area contributed by atoms with Crippen molar-refractivity contribution in [1.82, 2.24) is 5.43 Å². The van der Waals surface area contributed by atoms with Crippen LogP contribution in [0.15, 0.2) is 5.10 Å². The van der Waals surface area contributed by atoms with Crippen LogP contribution in [0.1, 0.15) is 38.5 Å². The molecule has 0 saturated heterocycles. The second-order valence-electron chi connectivity index (χ2n) is 4.20. The number of amides is 1. The number of hydrogen-bond donors (Lipinski definition) is 1. The SMILES string of the molecule is O=C1CCC(C(=O)O[C@H]2CCCCC2=O)=NN1. The van der Waals surface area contributed by atoms with Crippen LogP contribution in [0.5, 0.6) is 0 Å². The normalized spacial score (nSPS) is 24.9.